The van der Waals surface area contributed by atoms with E-state index in [1.807, 2.05) is 37.3 Å². The highest BCUT2D eigenvalue weighted by molar-refractivity contribution is 7.92. The number of carbonyl (C=O) groups excluding carboxylic acids is 1. The molecule has 0 atom stereocenters. The molecule has 1 aromatic heterocycles. The molecule has 162 valence electrons. The molecule has 0 aliphatic rings. The Balaban J connectivity index is 1.84. The van der Waals surface area contributed by atoms with Gasteiger partial charge in [0.15, 0.2) is 0 Å². The maximum absolute atomic E-state index is 12.4. The van der Waals surface area contributed by atoms with Gasteiger partial charge >= 0.3 is 0 Å². The molecule has 3 aromatic rings. The summed E-state index contributed by atoms with van der Waals surface area (Å²) in [5.41, 5.74) is 3.76. The van der Waals surface area contributed by atoms with Crippen LogP contribution in [0.2, 0.25) is 0 Å². The van der Waals surface area contributed by atoms with Crippen LogP contribution in [-0.4, -0.2) is 32.6 Å². The van der Waals surface area contributed by atoms with Crippen LogP contribution in [0.25, 0.3) is 0 Å². The largest absolute Gasteiger partial charge is 0.487 e. The Kier molecular flexibility index (Phi) is 6.91. The lowest BCUT2D eigenvalue weighted by Gasteiger charge is -2.21. The SMILES string of the molecule is Cc1ccccc1COc1cc(NC(=O)Cc2cccnc2)ccc1N(C)S(C)(=O)=O. The Morgan fingerprint density at radius 3 is 2.58 bits per heavy atom. The van der Waals surface area contributed by atoms with Gasteiger partial charge in [0.05, 0.1) is 18.4 Å². The topological polar surface area (TPSA) is 88.6 Å². The number of amides is 1. The Morgan fingerprint density at radius 2 is 1.90 bits per heavy atom. The standard InChI is InChI=1S/C23H25N3O4S/c1-17-7-4-5-9-19(17)16-30-22-14-20(10-11-21(22)26(2)31(3,28)29)25-23(27)13-18-8-6-12-24-15-18/h4-12,14-15H,13,16H2,1-3H3,(H,25,27). The van der Waals surface area contributed by atoms with Gasteiger partial charge in [-0.1, -0.05) is 30.3 Å². The highest BCUT2D eigenvalue weighted by Crippen LogP contribution is 2.33. The summed E-state index contributed by atoms with van der Waals surface area (Å²) < 4.78 is 31.3. The number of anilines is 2. The lowest BCUT2D eigenvalue weighted by molar-refractivity contribution is -0.115. The van der Waals surface area contributed by atoms with Crippen LogP contribution in [-0.2, 0) is 27.8 Å². The second kappa shape index (κ2) is 9.61. The highest BCUT2D eigenvalue weighted by Gasteiger charge is 2.18. The van der Waals surface area contributed by atoms with Crippen molar-refractivity contribution < 1.29 is 17.9 Å². The second-order valence-electron chi connectivity index (χ2n) is 7.21. The minimum Gasteiger partial charge on any atom is -0.487 e. The van der Waals surface area contributed by atoms with E-state index < -0.39 is 10.0 Å². The molecule has 0 saturated carbocycles. The van der Waals surface area contributed by atoms with E-state index in [0.29, 0.717) is 17.1 Å². The van der Waals surface area contributed by atoms with Crippen molar-refractivity contribution in [3.63, 3.8) is 0 Å². The predicted molar refractivity (Wildman–Crippen MR) is 122 cm³/mol. The van der Waals surface area contributed by atoms with Crippen LogP contribution in [0.3, 0.4) is 0 Å². The predicted octanol–water partition coefficient (Wildman–Crippen LogP) is 3.55. The molecule has 0 fully saturated rings. The number of ether oxygens (including phenoxy) is 1. The number of rotatable bonds is 8. The van der Waals surface area contributed by atoms with Gasteiger partial charge in [-0.2, -0.15) is 0 Å². The van der Waals surface area contributed by atoms with E-state index >= 15 is 0 Å². The van der Waals surface area contributed by atoms with Crippen molar-refractivity contribution in [3.05, 3.63) is 83.7 Å². The van der Waals surface area contributed by atoms with Gasteiger partial charge in [-0.3, -0.25) is 14.1 Å². The smallest absolute Gasteiger partial charge is 0.232 e. The molecule has 8 heteroatoms. The molecule has 1 N–H and O–H groups in total. The number of nitrogens with zero attached hydrogens (tertiary/aromatic N) is 2. The Morgan fingerprint density at radius 1 is 1.13 bits per heavy atom. The molecule has 0 spiro atoms. The van der Waals surface area contributed by atoms with E-state index in [0.717, 1.165) is 27.3 Å². The van der Waals surface area contributed by atoms with Gasteiger partial charge in [0.1, 0.15) is 12.4 Å². The first-order chi connectivity index (χ1) is 14.7. The average Bonchev–Trinajstić information content (AvgIpc) is 2.73. The van der Waals surface area contributed by atoms with Crippen LogP contribution in [0.4, 0.5) is 11.4 Å². The van der Waals surface area contributed by atoms with Gasteiger partial charge < -0.3 is 10.1 Å². The number of hydrogen-bond acceptors (Lipinski definition) is 5. The number of pyridine rings is 1. The molecular formula is C23H25N3O4S. The third-order valence-electron chi connectivity index (χ3n) is 4.81. The van der Waals surface area contributed by atoms with Crippen molar-refractivity contribution in [1.82, 2.24) is 4.98 Å². The molecule has 0 radical (unpaired) electrons. The first kappa shape index (κ1) is 22.3. The monoisotopic (exact) mass is 439 g/mol. The zero-order chi connectivity index (χ0) is 22.4. The number of nitrogens with one attached hydrogen (secondary N) is 1. The number of aryl methyl sites for hydroxylation is 1. The quantitative estimate of drug-likeness (QED) is 0.580. The fourth-order valence-electron chi connectivity index (χ4n) is 2.97. The van der Waals surface area contributed by atoms with Crippen molar-refractivity contribution in [2.24, 2.45) is 0 Å². The molecule has 0 bridgehead atoms. The average molecular weight is 440 g/mol. The van der Waals surface area contributed by atoms with Crippen molar-refractivity contribution in [3.8, 4) is 5.75 Å². The van der Waals surface area contributed by atoms with E-state index in [4.69, 9.17) is 4.74 Å². The number of benzene rings is 2. The van der Waals surface area contributed by atoms with Gasteiger partial charge in [0, 0.05) is 31.2 Å². The molecule has 1 amide bonds. The first-order valence-electron chi connectivity index (χ1n) is 9.68. The Bertz CT molecular complexity index is 1160. The van der Waals surface area contributed by atoms with Gasteiger partial charge in [0.25, 0.3) is 0 Å². The van der Waals surface area contributed by atoms with Crippen LogP contribution >= 0.6 is 0 Å². The summed E-state index contributed by atoms with van der Waals surface area (Å²) in [6.07, 6.45) is 4.59. The van der Waals surface area contributed by atoms with E-state index in [1.54, 1.807) is 36.7 Å². The molecule has 0 unspecified atom stereocenters. The van der Waals surface area contributed by atoms with Crippen LogP contribution in [0.15, 0.2) is 67.0 Å². The lowest BCUT2D eigenvalue weighted by Crippen LogP contribution is -2.25. The highest BCUT2D eigenvalue weighted by atomic mass is 32.2. The summed E-state index contributed by atoms with van der Waals surface area (Å²) in [4.78, 5) is 16.4. The summed E-state index contributed by atoms with van der Waals surface area (Å²) in [6, 6.07) is 16.3. The minimum absolute atomic E-state index is 0.179. The normalized spacial score (nSPS) is 11.1. The van der Waals surface area contributed by atoms with Crippen LogP contribution in [0.1, 0.15) is 16.7 Å². The summed E-state index contributed by atoms with van der Waals surface area (Å²) in [5, 5.41) is 2.83. The van der Waals surface area contributed by atoms with Gasteiger partial charge in [-0.05, 0) is 41.8 Å². The third-order valence-corrected chi connectivity index (χ3v) is 6.00. The minimum atomic E-state index is -3.49. The lowest BCUT2D eigenvalue weighted by atomic mass is 10.1. The molecule has 7 nitrogen and oxygen atoms in total. The van der Waals surface area contributed by atoms with Crippen molar-refractivity contribution in [2.75, 3.05) is 22.9 Å². The first-order valence-corrected chi connectivity index (χ1v) is 11.5. The number of hydrogen-bond donors (Lipinski definition) is 1. The number of carbonyl (C=O) groups is 1. The molecule has 0 saturated heterocycles. The van der Waals surface area contributed by atoms with Crippen LogP contribution in [0, 0.1) is 6.92 Å². The molecule has 0 aliphatic heterocycles. The summed E-state index contributed by atoms with van der Waals surface area (Å²) in [6.45, 7) is 2.25. The van der Waals surface area contributed by atoms with Crippen molar-refractivity contribution >= 4 is 27.3 Å². The number of aromatic nitrogens is 1. The van der Waals surface area contributed by atoms with Crippen molar-refractivity contribution in [2.45, 2.75) is 20.0 Å². The molecular weight excluding hydrogens is 414 g/mol. The molecule has 3 rings (SSSR count). The molecule has 2 aromatic carbocycles. The zero-order valence-electron chi connectivity index (χ0n) is 17.7. The molecule has 1 heterocycles. The summed E-state index contributed by atoms with van der Waals surface area (Å²) in [7, 11) is -2.02. The van der Waals surface area contributed by atoms with E-state index in [1.165, 1.54) is 7.05 Å². The molecule has 31 heavy (non-hydrogen) atoms. The van der Waals surface area contributed by atoms with E-state index in [-0.39, 0.29) is 18.9 Å². The van der Waals surface area contributed by atoms with Gasteiger partial charge in [-0.25, -0.2) is 8.42 Å². The fraction of sp³-hybridized carbons (Fsp3) is 0.217. The summed E-state index contributed by atoms with van der Waals surface area (Å²) >= 11 is 0. The van der Waals surface area contributed by atoms with Crippen LogP contribution < -0.4 is 14.4 Å². The number of sulfonamides is 1. The third kappa shape index (κ3) is 6.05. The maximum atomic E-state index is 12.4. The van der Waals surface area contributed by atoms with E-state index in [9.17, 15) is 13.2 Å². The second-order valence-corrected chi connectivity index (χ2v) is 9.23. The van der Waals surface area contributed by atoms with Crippen LogP contribution in [0.5, 0.6) is 5.75 Å². The Hall–Kier alpha value is -3.39. The van der Waals surface area contributed by atoms with Gasteiger partial charge in [-0.15, -0.1) is 0 Å². The summed E-state index contributed by atoms with van der Waals surface area (Å²) in [5.74, 6) is 0.150. The fourth-order valence-corrected chi connectivity index (χ4v) is 3.48. The molecule has 0 aliphatic carbocycles. The van der Waals surface area contributed by atoms with Crippen molar-refractivity contribution in [1.29, 1.82) is 0 Å². The van der Waals surface area contributed by atoms with E-state index in [2.05, 4.69) is 10.3 Å². The maximum Gasteiger partial charge on any atom is 0.232 e. The Labute approximate surface area is 182 Å². The zero-order valence-corrected chi connectivity index (χ0v) is 18.5. The van der Waals surface area contributed by atoms with Gasteiger partial charge in [0.2, 0.25) is 15.9 Å².